The van der Waals surface area contributed by atoms with Crippen molar-refractivity contribution in [1.82, 2.24) is 0 Å². The highest BCUT2D eigenvalue weighted by Gasteiger charge is 2.03. The van der Waals surface area contributed by atoms with E-state index >= 15 is 0 Å². The lowest BCUT2D eigenvalue weighted by Gasteiger charge is -2.09. The fraction of sp³-hybridized carbons (Fsp3) is 0.250. The van der Waals surface area contributed by atoms with E-state index in [1.807, 2.05) is 0 Å². The smallest absolute Gasteiger partial charge is 0.122 e. The van der Waals surface area contributed by atoms with Crippen molar-refractivity contribution < 1.29 is 4.74 Å². The summed E-state index contributed by atoms with van der Waals surface area (Å²) in [5, 5.41) is 0. The molecule has 0 aliphatic heterocycles. The first kappa shape index (κ1) is 11.7. The predicted molar refractivity (Wildman–Crippen MR) is 71.6 cm³/mol. The minimum atomic E-state index is 1.00. The van der Waals surface area contributed by atoms with Gasteiger partial charge in [-0.25, -0.2) is 0 Å². The third kappa shape index (κ3) is 3.10. The van der Waals surface area contributed by atoms with Crippen molar-refractivity contribution in [2.45, 2.75) is 19.8 Å². The van der Waals surface area contributed by atoms with E-state index in [0.717, 1.165) is 18.6 Å². The van der Waals surface area contributed by atoms with Gasteiger partial charge in [-0.15, -0.1) is 0 Å². The molecule has 2 aromatic carbocycles. The standard InChI is InChI=1S/C16H18O/c1-13-8-10-15(16(12-13)17-2)11-9-14-6-4-3-5-7-14/h3-8,10,12H,9,11H2,1-2H3. The van der Waals surface area contributed by atoms with Gasteiger partial charge in [-0.3, -0.25) is 0 Å². The zero-order valence-electron chi connectivity index (χ0n) is 10.4. The van der Waals surface area contributed by atoms with Crippen LogP contribution >= 0.6 is 0 Å². The quantitative estimate of drug-likeness (QED) is 0.770. The van der Waals surface area contributed by atoms with Gasteiger partial charge in [0, 0.05) is 0 Å². The van der Waals surface area contributed by atoms with Gasteiger partial charge >= 0.3 is 0 Å². The Morgan fingerprint density at radius 1 is 0.941 bits per heavy atom. The second kappa shape index (κ2) is 5.53. The van der Waals surface area contributed by atoms with Crippen LogP contribution in [0.4, 0.5) is 0 Å². The van der Waals surface area contributed by atoms with E-state index in [1.54, 1.807) is 7.11 Å². The van der Waals surface area contributed by atoms with Crippen molar-refractivity contribution in [3.63, 3.8) is 0 Å². The molecule has 88 valence electrons. The fourth-order valence-electron chi connectivity index (χ4n) is 1.98. The van der Waals surface area contributed by atoms with Gasteiger partial charge in [-0.2, -0.15) is 0 Å². The van der Waals surface area contributed by atoms with Crippen LogP contribution in [0, 0.1) is 6.92 Å². The molecule has 1 nitrogen and oxygen atoms in total. The van der Waals surface area contributed by atoms with E-state index in [-0.39, 0.29) is 0 Å². The van der Waals surface area contributed by atoms with Crippen LogP contribution in [0.15, 0.2) is 48.5 Å². The average Bonchev–Trinajstić information content (AvgIpc) is 2.38. The maximum atomic E-state index is 5.41. The Morgan fingerprint density at radius 2 is 1.71 bits per heavy atom. The number of hydrogen-bond donors (Lipinski definition) is 0. The van der Waals surface area contributed by atoms with Crippen LogP contribution in [0.5, 0.6) is 5.75 Å². The molecular weight excluding hydrogens is 208 g/mol. The molecule has 0 N–H and O–H groups in total. The summed E-state index contributed by atoms with van der Waals surface area (Å²) in [7, 11) is 1.74. The van der Waals surface area contributed by atoms with E-state index in [0.29, 0.717) is 0 Å². The molecule has 0 amide bonds. The Hall–Kier alpha value is -1.76. The van der Waals surface area contributed by atoms with Crippen molar-refractivity contribution in [1.29, 1.82) is 0 Å². The van der Waals surface area contributed by atoms with Gasteiger partial charge in [0.15, 0.2) is 0 Å². The molecule has 0 spiro atoms. The summed E-state index contributed by atoms with van der Waals surface area (Å²) in [6, 6.07) is 17.0. The van der Waals surface area contributed by atoms with Crippen LogP contribution in [0.3, 0.4) is 0 Å². The third-order valence-corrected chi connectivity index (χ3v) is 2.97. The fourth-order valence-corrected chi connectivity index (χ4v) is 1.98. The SMILES string of the molecule is COc1cc(C)ccc1CCc1ccccc1. The molecule has 0 saturated carbocycles. The van der Waals surface area contributed by atoms with Gasteiger partial charge in [0.2, 0.25) is 0 Å². The van der Waals surface area contributed by atoms with E-state index in [1.165, 1.54) is 16.7 Å². The number of ether oxygens (including phenoxy) is 1. The second-order valence-electron chi connectivity index (χ2n) is 4.30. The highest BCUT2D eigenvalue weighted by molar-refractivity contribution is 5.37. The highest BCUT2D eigenvalue weighted by atomic mass is 16.5. The third-order valence-electron chi connectivity index (χ3n) is 2.97. The van der Waals surface area contributed by atoms with Crippen molar-refractivity contribution in [3.8, 4) is 5.75 Å². The lowest BCUT2D eigenvalue weighted by Crippen LogP contribution is -1.96. The first-order valence-electron chi connectivity index (χ1n) is 5.97. The van der Waals surface area contributed by atoms with Gasteiger partial charge in [0.05, 0.1) is 7.11 Å². The lowest BCUT2D eigenvalue weighted by molar-refractivity contribution is 0.409. The van der Waals surface area contributed by atoms with Crippen LogP contribution in [-0.2, 0) is 12.8 Å². The number of benzene rings is 2. The largest absolute Gasteiger partial charge is 0.496 e. The van der Waals surface area contributed by atoms with Crippen LogP contribution in [0.25, 0.3) is 0 Å². The van der Waals surface area contributed by atoms with Gasteiger partial charge in [-0.05, 0) is 42.5 Å². The van der Waals surface area contributed by atoms with Gasteiger partial charge in [0.25, 0.3) is 0 Å². The van der Waals surface area contributed by atoms with E-state index in [4.69, 9.17) is 4.74 Å². The number of methoxy groups -OCH3 is 1. The van der Waals surface area contributed by atoms with Crippen molar-refractivity contribution in [2.75, 3.05) is 7.11 Å². The van der Waals surface area contributed by atoms with Gasteiger partial charge in [0.1, 0.15) is 5.75 Å². The summed E-state index contributed by atoms with van der Waals surface area (Å²) in [6.07, 6.45) is 2.08. The topological polar surface area (TPSA) is 9.23 Å². The maximum Gasteiger partial charge on any atom is 0.122 e. The van der Waals surface area contributed by atoms with Crippen LogP contribution in [0.2, 0.25) is 0 Å². The summed E-state index contributed by atoms with van der Waals surface area (Å²) in [5.41, 5.74) is 3.89. The zero-order chi connectivity index (χ0) is 12.1. The molecule has 0 saturated heterocycles. The highest BCUT2D eigenvalue weighted by Crippen LogP contribution is 2.21. The molecule has 0 aromatic heterocycles. The number of aryl methyl sites for hydroxylation is 3. The lowest BCUT2D eigenvalue weighted by atomic mass is 10.0. The van der Waals surface area contributed by atoms with Gasteiger partial charge in [-0.1, -0.05) is 42.5 Å². The van der Waals surface area contributed by atoms with Gasteiger partial charge < -0.3 is 4.74 Å². The van der Waals surface area contributed by atoms with E-state index in [2.05, 4.69) is 55.5 Å². The predicted octanol–water partition coefficient (Wildman–Crippen LogP) is 3.79. The first-order valence-corrected chi connectivity index (χ1v) is 5.97. The maximum absolute atomic E-state index is 5.41. The van der Waals surface area contributed by atoms with Crippen LogP contribution in [0.1, 0.15) is 16.7 Å². The molecule has 0 aliphatic carbocycles. The number of rotatable bonds is 4. The second-order valence-corrected chi connectivity index (χ2v) is 4.30. The Kier molecular flexibility index (Phi) is 3.81. The molecule has 0 heterocycles. The monoisotopic (exact) mass is 226 g/mol. The minimum absolute atomic E-state index is 1.00. The Bertz CT molecular complexity index is 474. The zero-order valence-corrected chi connectivity index (χ0v) is 10.4. The molecule has 2 rings (SSSR count). The van der Waals surface area contributed by atoms with E-state index < -0.39 is 0 Å². The molecule has 1 heteroatoms. The summed E-state index contributed by atoms with van der Waals surface area (Å²) in [6.45, 7) is 2.09. The number of hydrogen-bond acceptors (Lipinski definition) is 1. The van der Waals surface area contributed by atoms with Crippen molar-refractivity contribution >= 4 is 0 Å². The molecule has 0 radical (unpaired) electrons. The van der Waals surface area contributed by atoms with Crippen LogP contribution in [-0.4, -0.2) is 7.11 Å². The normalized spacial score (nSPS) is 10.2. The molecule has 2 aromatic rings. The molecule has 0 bridgehead atoms. The molecule has 17 heavy (non-hydrogen) atoms. The molecule has 0 aliphatic rings. The molecule has 0 fully saturated rings. The first-order chi connectivity index (χ1) is 8.29. The summed E-state index contributed by atoms with van der Waals surface area (Å²) in [5.74, 6) is 1.00. The minimum Gasteiger partial charge on any atom is -0.496 e. The Balaban J connectivity index is 2.09. The summed E-state index contributed by atoms with van der Waals surface area (Å²) >= 11 is 0. The summed E-state index contributed by atoms with van der Waals surface area (Å²) < 4.78 is 5.41. The van der Waals surface area contributed by atoms with Crippen LogP contribution < -0.4 is 4.74 Å². The molecular formula is C16H18O. The Morgan fingerprint density at radius 3 is 2.41 bits per heavy atom. The van der Waals surface area contributed by atoms with Crippen molar-refractivity contribution in [2.24, 2.45) is 0 Å². The Labute approximate surface area is 103 Å². The summed E-state index contributed by atoms with van der Waals surface area (Å²) in [4.78, 5) is 0. The average molecular weight is 226 g/mol. The molecule has 0 atom stereocenters. The van der Waals surface area contributed by atoms with E-state index in [9.17, 15) is 0 Å². The van der Waals surface area contributed by atoms with Crippen molar-refractivity contribution in [3.05, 3.63) is 65.2 Å². The molecule has 0 unspecified atom stereocenters.